The van der Waals surface area contributed by atoms with Gasteiger partial charge in [0.15, 0.2) is 5.28 Å². The SMILES string of the molecule is Cc1ccc(S(=O)(=O)NC2(P(=O)(OC(C)C)OC(C)C)C=C(S(=O)(=O)c3ccccc3)C(=O)c3ccccc32)cc1. The number of allylic oxidation sites excluding steroid dienone is 1. The normalized spacial score (nSPS) is 17.9. The van der Waals surface area contributed by atoms with Crippen LogP contribution in [0.4, 0.5) is 0 Å². The van der Waals surface area contributed by atoms with Gasteiger partial charge in [-0.25, -0.2) is 16.8 Å². The Morgan fingerprint density at radius 2 is 1.29 bits per heavy atom. The van der Waals surface area contributed by atoms with Gasteiger partial charge < -0.3 is 9.05 Å². The van der Waals surface area contributed by atoms with E-state index in [-0.39, 0.29) is 20.9 Å². The number of fused-ring (bicyclic) bond motifs is 1. The summed E-state index contributed by atoms with van der Waals surface area (Å²) in [4.78, 5) is 12.7. The van der Waals surface area contributed by atoms with Crippen molar-refractivity contribution in [2.45, 2.75) is 61.9 Å². The maximum atomic E-state index is 15.0. The Hall–Kier alpha value is -2.92. The molecule has 1 unspecified atom stereocenters. The van der Waals surface area contributed by atoms with E-state index in [1.807, 2.05) is 0 Å². The lowest BCUT2D eigenvalue weighted by Crippen LogP contribution is -2.49. The molecule has 4 rings (SSSR count). The molecule has 12 heteroatoms. The smallest absolute Gasteiger partial charge is 0.304 e. The predicted molar refractivity (Wildman–Crippen MR) is 156 cm³/mol. The van der Waals surface area contributed by atoms with E-state index < -0.39 is 55.6 Å². The van der Waals surface area contributed by atoms with E-state index in [0.717, 1.165) is 11.6 Å². The summed E-state index contributed by atoms with van der Waals surface area (Å²) < 4.78 is 85.0. The molecule has 1 aliphatic rings. The highest BCUT2D eigenvalue weighted by Gasteiger charge is 2.59. The van der Waals surface area contributed by atoms with Crippen LogP contribution in [0.15, 0.2) is 99.6 Å². The summed E-state index contributed by atoms with van der Waals surface area (Å²) in [5, 5.41) is -2.44. The number of carbonyl (C=O) groups excluding carboxylic acids is 1. The van der Waals surface area contributed by atoms with Crippen molar-refractivity contribution in [1.82, 2.24) is 4.72 Å². The fourth-order valence-corrected chi connectivity index (χ4v) is 10.3. The zero-order valence-corrected chi connectivity index (χ0v) is 25.8. The number of sulfone groups is 1. The third-order valence-electron chi connectivity index (χ3n) is 6.24. The monoisotopic (exact) mass is 617 g/mol. The molecule has 0 heterocycles. The fourth-order valence-electron chi connectivity index (χ4n) is 4.50. The molecule has 9 nitrogen and oxygen atoms in total. The minimum atomic E-state index is -4.71. The molecule has 218 valence electrons. The first kappa shape index (κ1) is 31.0. The molecule has 0 aromatic heterocycles. The summed E-state index contributed by atoms with van der Waals surface area (Å²) in [6, 6.07) is 19.0. The Bertz CT molecular complexity index is 1740. The van der Waals surface area contributed by atoms with Crippen molar-refractivity contribution < 1.29 is 35.2 Å². The van der Waals surface area contributed by atoms with Gasteiger partial charge in [-0.05, 0) is 65.0 Å². The number of hydrogen-bond acceptors (Lipinski definition) is 8. The Morgan fingerprint density at radius 3 is 1.85 bits per heavy atom. The predicted octanol–water partition coefficient (Wildman–Crippen LogP) is 5.72. The first-order valence-electron chi connectivity index (χ1n) is 12.9. The number of rotatable bonds is 10. The molecular formula is C29H32NO8PS2. The van der Waals surface area contributed by atoms with Crippen LogP contribution in [0.1, 0.15) is 49.2 Å². The van der Waals surface area contributed by atoms with Crippen LogP contribution in [0, 0.1) is 6.92 Å². The molecule has 0 aliphatic heterocycles. The molecule has 0 fully saturated rings. The summed E-state index contributed by atoms with van der Waals surface area (Å²) in [6.45, 7) is 8.14. The average Bonchev–Trinajstić information content (AvgIpc) is 2.90. The Labute approximate surface area is 241 Å². The number of sulfonamides is 1. The van der Waals surface area contributed by atoms with E-state index in [0.29, 0.717) is 0 Å². The molecule has 3 aromatic rings. The molecule has 0 spiro atoms. The number of hydrogen-bond donors (Lipinski definition) is 1. The summed E-state index contributed by atoms with van der Waals surface area (Å²) in [7, 11) is -13.7. The second-order valence-electron chi connectivity index (χ2n) is 10.2. The maximum Gasteiger partial charge on any atom is 0.360 e. The standard InChI is InChI=1S/C29H32NO8PS2/c1-20(2)37-39(32,38-21(3)4)29(30-41(35,36)24-17-15-22(5)16-18-24)19-27(28(31)25-13-9-10-14-26(25)29)40(33,34)23-11-7-6-8-12-23/h6-21,30H,1-5H3. The van der Waals surface area contributed by atoms with E-state index in [4.69, 9.17) is 9.05 Å². The number of carbonyl (C=O) groups is 1. The summed E-state index contributed by atoms with van der Waals surface area (Å²) >= 11 is 0. The molecule has 0 bridgehead atoms. The van der Waals surface area contributed by atoms with Crippen molar-refractivity contribution in [3.63, 3.8) is 0 Å². The van der Waals surface area contributed by atoms with E-state index in [9.17, 15) is 21.6 Å². The highest BCUT2D eigenvalue weighted by Crippen LogP contribution is 2.68. The van der Waals surface area contributed by atoms with Gasteiger partial charge in [-0.15, -0.1) is 0 Å². The summed E-state index contributed by atoms with van der Waals surface area (Å²) in [5.74, 6) is -0.879. The van der Waals surface area contributed by atoms with Gasteiger partial charge >= 0.3 is 7.60 Å². The van der Waals surface area contributed by atoms with Gasteiger partial charge in [-0.3, -0.25) is 9.36 Å². The molecule has 0 saturated carbocycles. The Balaban J connectivity index is 2.13. The molecule has 0 radical (unpaired) electrons. The molecule has 0 amide bonds. The van der Waals surface area contributed by atoms with Crippen LogP contribution in [-0.4, -0.2) is 34.8 Å². The third kappa shape index (κ3) is 5.88. The number of aryl methyl sites for hydroxylation is 1. The van der Waals surface area contributed by atoms with E-state index >= 15 is 4.57 Å². The minimum absolute atomic E-state index is 0.0580. The zero-order valence-electron chi connectivity index (χ0n) is 23.3. The lowest BCUT2D eigenvalue weighted by molar-refractivity contribution is 0.103. The second kappa shape index (κ2) is 11.4. The number of Topliss-reactive ketones (excluding diaryl/α,β-unsaturated/α-hetero) is 1. The maximum absolute atomic E-state index is 15.0. The van der Waals surface area contributed by atoms with Crippen molar-refractivity contribution in [3.8, 4) is 0 Å². The highest BCUT2D eigenvalue weighted by atomic mass is 32.2. The average molecular weight is 618 g/mol. The Kier molecular flexibility index (Phi) is 8.62. The van der Waals surface area contributed by atoms with Crippen LogP contribution in [-0.2, 0) is 38.8 Å². The molecule has 1 aliphatic carbocycles. The van der Waals surface area contributed by atoms with Crippen molar-refractivity contribution >= 4 is 33.2 Å². The minimum Gasteiger partial charge on any atom is -0.304 e. The van der Waals surface area contributed by atoms with Gasteiger partial charge in [-0.1, -0.05) is 60.2 Å². The largest absolute Gasteiger partial charge is 0.360 e. The highest BCUT2D eigenvalue weighted by molar-refractivity contribution is 7.96. The van der Waals surface area contributed by atoms with Crippen LogP contribution < -0.4 is 4.72 Å². The quantitative estimate of drug-likeness (QED) is 0.286. The lowest BCUT2D eigenvalue weighted by Gasteiger charge is -2.42. The lowest BCUT2D eigenvalue weighted by atomic mass is 9.92. The van der Waals surface area contributed by atoms with Gasteiger partial charge in [0.25, 0.3) is 0 Å². The van der Waals surface area contributed by atoms with E-state index in [1.165, 1.54) is 60.7 Å². The second-order valence-corrected chi connectivity index (χ2v) is 15.9. The molecule has 1 N–H and O–H groups in total. The van der Waals surface area contributed by atoms with Gasteiger partial charge in [0, 0.05) is 11.1 Å². The number of benzene rings is 3. The van der Waals surface area contributed by atoms with Crippen molar-refractivity contribution in [1.29, 1.82) is 0 Å². The van der Waals surface area contributed by atoms with Gasteiger partial charge in [0.2, 0.25) is 25.6 Å². The number of ketones is 1. The van der Waals surface area contributed by atoms with Crippen molar-refractivity contribution in [2.24, 2.45) is 0 Å². The molecule has 0 saturated heterocycles. The molecular weight excluding hydrogens is 585 g/mol. The van der Waals surface area contributed by atoms with E-state index in [1.54, 1.807) is 52.8 Å². The summed E-state index contributed by atoms with van der Waals surface area (Å²) in [5.41, 5.74) is 0.591. The molecule has 3 aromatic carbocycles. The first-order valence-corrected chi connectivity index (χ1v) is 17.4. The van der Waals surface area contributed by atoms with Crippen molar-refractivity contribution in [2.75, 3.05) is 0 Å². The fraction of sp³-hybridized carbons (Fsp3) is 0.276. The van der Waals surface area contributed by atoms with E-state index in [2.05, 4.69) is 4.72 Å². The topological polar surface area (TPSA) is 133 Å². The van der Waals surface area contributed by atoms with Crippen LogP contribution in [0.25, 0.3) is 0 Å². The first-order chi connectivity index (χ1) is 19.1. The molecule has 1 atom stereocenters. The van der Waals surface area contributed by atoms with Crippen LogP contribution in [0.2, 0.25) is 0 Å². The van der Waals surface area contributed by atoms with Gasteiger partial charge in [-0.2, -0.15) is 4.72 Å². The molecule has 41 heavy (non-hydrogen) atoms. The van der Waals surface area contributed by atoms with Gasteiger partial charge in [0.05, 0.1) is 22.0 Å². The van der Waals surface area contributed by atoms with Gasteiger partial charge in [0.1, 0.15) is 4.91 Å². The van der Waals surface area contributed by atoms with Crippen LogP contribution in [0.3, 0.4) is 0 Å². The third-order valence-corrected chi connectivity index (χ3v) is 12.4. The Morgan fingerprint density at radius 1 is 0.756 bits per heavy atom. The van der Waals surface area contributed by atoms with Crippen LogP contribution in [0.5, 0.6) is 0 Å². The number of nitrogens with one attached hydrogen (secondary N) is 1. The summed E-state index contributed by atoms with van der Waals surface area (Å²) in [6.07, 6.45) is -0.600. The van der Waals surface area contributed by atoms with Crippen LogP contribution >= 0.6 is 7.60 Å². The van der Waals surface area contributed by atoms with Crippen molar-refractivity contribution in [3.05, 3.63) is 107 Å². The zero-order chi connectivity index (χ0) is 30.2.